The first-order valence-corrected chi connectivity index (χ1v) is 11.8. The summed E-state index contributed by atoms with van der Waals surface area (Å²) in [6.07, 6.45) is 9.49. The summed E-state index contributed by atoms with van der Waals surface area (Å²) in [5, 5.41) is 6.66. The van der Waals surface area contributed by atoms with Gasteiger partial charge in [0.2, 0.25) is 5.91 Å². The number of rotatable bonds is 8. The molecular weight excluding hydrogens is 378 g/mol. The Labute approximate surface area is 181 Å². The Balaban J connectivity index is 1.55. The number of furan rings is 1. The summed E-state index contributed by atoms with van der Waals surface area (Å²) in [5.74, 6) is 1.99. The Morgan fingerprint density at radius 2 is 2.00 bits per heavy atom. The normalized spacial score (nSPS) is 22.0. The lowest BCUT2D eigenvalue weighted by molar-refractivity contribution is -0.134. The highest BCUT2D eigenvalue weighted by Gasteiger charge is 2.25. The van der Waals surface area contributed by atoms with Gasteiger partial charge in [-0.1, -0.05) is 6.42 Å². The maximum atomic E-state index is 12.6. The maximum absolute atomic E-state index is 12.6. The molecule has 2 atom stereocenters. The van der Waals surface area contributed by atoms with Gasteiger partial charge in [0.15, 0.2) is 5.96 Å². The zero-order valence-electron chi connectivity index (χ0n) is 18.7. The molecule has 0 spiro atoms. The fourth-order valence-corrected chi connectivity index (χ4v) is 4.52. The second-order valence-corrected chi connectivity index (χ2v) is 8.46. The highest BCUT2D eigenvalue weighted by molar-refractivity contribution is 5.81. The number of aliphatic imine (C=N–C) groups is 1. The number of likely N-dealkylation sites (tertiary alicyclic amines) is 2. The predicted octanol–water partition coefficient (Wildman–Crippen LogP) is 3.15. The number of nitrogens with zero attached hydrogens (tertiary/aromatic N) is 3. The lowest BCUT2D eigenvalue weighted by Gasteiger charge is -2.33. The van der Waals surface area contributed by atoms with Gasteiger partial charge in [0, 0.05) is 32.1 Å². The Hall–Kier alpha value is -2.02. The molecular formula is C23H39N5O2. The van der Waals surface area contributed by atoms with Crippen LogP contribution in [0.3, 0.4) is 0 Å². The largest absolute Gasteiger partial charge is 0.468 e. The van der Waals surface area contributed by atoms with Gasteiger partial charge < -0.3 is 20.0 Å². The summed E-state index contributed by atoms with van der Waals surface area (Å²) < 4.78 is 5.73. The summed E-state index contributed by atoms with van der Waals surface area (Å²) in [6.45, 7) is 9.33. The number of hydrogen-bond donors (Lipinski definition) is 2. The zero-order chi connectivity index (χ0) is 21.2. The van der Waals surface area contributed by atoms with Gasteiger partial charge in [-0.2, -0.15) is 0 Å². The molecule has 1 aromatic heterocycles. The third kappa shape index (κ3) is 6.49. The Kier molecular flexibility index (Phi) is 9.05. The standard InChI is InChI=1S/C23H39N5O2/c1-3-24-23(25-13-12-22(29)28-16-8-5-10-19(28)2)26-18-20(21-11-9-17-30-21)27-14-6-4-7-15-27/h9,11,17,19-20H,3-8,10,12-16,18H2,1-2H3,(H2,24,25,26). The van der Waals surface area contributed by atoms with E-state index in [1.807, 2.05) is 17.0 Å². The molecule has 0 aliphatic carbocycles. The Morgan fingerprint density at radius 3 is 2.70 bits per heavy atom. The molecule has 0 aromatic carbocycles. The topological polar surface area (TPSA) is 73.1 Å². The second-order valence-electron chi connectivity index (χ2n) is 8.46. The number of hydrogen-bond acceptors (Lipinski definition) is 4. The highest BCUT2D eigenvalue weighted by Crippen LogP contribution is 2.25. The van der Waals surface area contributed by atoms with Crippen molar-refractivity contribution in [2.45, 2.75) is 70.9 Å². The van der Waals surface area contributed by atoms with Gasteiger partial charge in [-0.05, 0) is 71.2 Å². The predicted molar refractivity (Wildman–Crippen MR) is 120 cm³/mol. The number of amides is 1. The number of piperidine rings is 2. The first-order valence-electron chi connectivity index (χ1n) is 11.8. The van der Waals surface area contributed by atoms with E-state index in [-0.39, 0.29) is 11.9 Å². The van der Waals surface area contributed by atoms with Gasteiger partial charge in [-0.3, -0.25) is 14.7 Å². The zero-order valence-corrected chi connectivity index (χ0v) is 18.7. The quantitative estimate of drug-likeness (QED) is 0.502. The number of guanidine groups is 1. The van der Waals surface area contributed by atoms with Crippen LogP contribution in [0.2, 0.25) is 0 Å². The van der Waals surface area contributed by atoms with E-state index < -0.39 is 0 Å². The average molecular weight is 418 g/mol. The molecule has 168 valence electrons. The molecule has 7 nitrogen and oxygen atoms in total. The van der Waals surface area contributed by atoms with E-state index in [0.29, 0.717) is 25.6 Å². The summed E-state index contributed by atoms with van der Waals surface area (Å²) >= 11 is 0. The van der Waals surface area contributed by atoms with Crippen molar-refractivity contribution in [3.63, 3.8) is 0 Å². The summed E-state index contributed by atoms with van der Waals surface area (Å²) in [6, 6.07) is 4.53. The van der Waals surface area contributed by atoms with Crippen molar-refractivity contribution < 1.29 is 9.21 Å². The van der Waals surface area contributed by atoms with Crippen LogP contribution in [0.5, 0.6) is 0 Å². The Bertz CT molecular complexity index is 655. The third-order valence-electron chi connectivity index (χ3n) is 6.22. The van der Waals surface area contributed by atoms with Crippen LogP contribution in [-0.2, 0) is 4.79 Å². The van der Waals surface area contributed by atoms with Crippen molar-refractivity contribution in [2.75, 3.05) is 39.3 Å². The van der Waals surface area contributed by atoms with Crippen LogP contribution in [0.4, 0.5) is 0 Å². The van der Waals surface area contributed by atoms with Gasteiger partial charge in [-0.15, -0.1) is 0 Å². The minimum Gasteiger partial charge on any atom is -0.468 e. The lowest BCUT2D eigenvalue weighted by atomic mass is 10.0. The van der Waals surface area contributed by atoms with Gasteiger partial charge in [-0.25, -0.2) is 0 Å². The number of carbonyl (C=O) groups is 1. The van der Waals surface area contributed by atoms with Crippen LogP contribution in [0.15, 0.2) is 27.8 Å². The number of nitrogens with one attached hydrogen (secondary N) is 2. The first-order chi connectivity index (χ1) is 14.7. The molecule has 0 saturated carbocycles. The minimum atomic E-state index is 0.159. The molecule has 0 bridgehead atoms. The second kappa shape index (κ2) is 12.0. The fourth-order valence-electron chi connectivity index (χ4n) is 4.52. The Morgan fingerprint density at radius 1 is 1.20 bits per heavy atom. The highest BCUT2D eigenvalue weighted by atomic mass is 16.3. The van der Waals surface area contributed by atoms with Crippen LogP contribution >= 0.6 is 0 Å². The molecule has 0 radical (unpaired) electrons. The van der Waals surface area contributed by atoms with Gasteiger partial charge in [0.25, 0.3) is 0 Å². The molecule has 2 unspecified atom stereocenters. The van der Waals surface area contributed by atoms with E-state index in [2.05, 4.69) is 29.4 Å². The van der Waals surface area contributed by atoms with Crippen LogP contribution in [0, 0.1) is 0 Å². The van der Waals surface area contributed by atoms with Crippen LogP contribution in [-0.4, -0.2) is 67.0 Å². The smallest absolute Gasteiger partial charge is 0.224 e. The third-order valence-corrected chi connectivity index (χ3v) is 6.22. The van der Waals surface area contributed by atoms with Crippen molar-refractivity contribution in [1.82, 2.24) is 20.4 Å². The van der Waals surface area contributed by atoms with Crippen molar-refractivity contribution in [1.29, 1.82) is 0 Å². The average Bonchev–Trinajstić information content (AvgIpc) is 3.29. The molecule has 1 aromatic rings. The van der Waals surface area contributed by atoms with Crippen LogP contribution in [0.1, 0.15) is 70.6 Å². The van der Waals surface area contributed by atoms with E-state index in [0.717, 1.165) is 50.7 Å². The van der Waals surface area contributed by atoms with Crippen molar-refractivity contribution in [2.24, 2.45) is 4.99 Å². The SMILES string of the molecule is CCNC(=NCC(c1ccco1)N1CCCCC1)NCCC(=O)N1CCCCC1C. The molecule has 30 heavy (non-hydrogen) atoms. The van der Waals surface area contributed by atoms with Crippen molar-refractivity contribution >= 4 is 11.9 Å². The fraction of sp³-hybridized carbons (Fsp3) is 0.739. The van der Waals surface area contributed by atoms with Crippen LogP contribution in [0.25, 0.3) is 0 Å². The molecule has 1 amide bonds. The summed E-state index contributed by atoms with van der Waals surface area (Å²) in [7, 11) is 0. The van der Waals surface area contributed by atoms with Gasteiger partial charge >= 0.3 is 0 Å². The molecule has 7 heteroatoms. The lowest BCUT2D eigenvalue weighted by Crippen LogP contribution is -2.44. The van der Waals surface area contributed by atoms with E-state index in [1.165, 1.54) is 25.7 Å². The van der Waals surface area contributed by atoms with E-state index in [1.54, 1.807) is 6.26 Å². The van der Waals surface area contributed by atoms with Gasteiger partial charge in [0.1, 0.15) is 5.76 Å². The van der Waals surface area contributed by atoms with Gasteiger partial charge in [0.05, 0.1) is 18.8 Å². The molecule has 2 saturated heterocycles. The molecule has 2 fully saturated rings. The summed E-state index contributed by atoms with van der Waals surface area (Å²) in [5.41, 5.74) is 0. The molecule has 3 heterocycles. The molecule has 2 aliphatic rings. The number of carbonyl (C=O) groups excluding carboxylic acids is 1. The van der Waals surface area contributed by atoms with E-state index >= 15 is 0 Å². The first kappa shape index (κ1) is 22.7. The maximum Gasteiger partial charge on any atom is 0.224 e. The molecule has 2 N–H and O–H groups in total. The van der Waals surface area contributed by atoms with E-state index in [9.17, 15) is 4.79 Å². The monoisotopic (exact) mass is 417 g/mol. The van der Waals surface area contributed by atoms with Crippen molar-refractivity contribution in [3.05, 3.63) is 24.2 Å². The van der Waals surface area contributed by atoms with Crippen LogP contribution < -0.4 is 10.6 Å². The van der Waals surface area contributed by atoms with Crippen molar-refractivity contribution in [3.8, 4) is 0 Å². The summed E-state index contributed by atoms with van der Waals surface area (Å²) in [4.78, 5) is 21.9. The molecule has 3 rings (SSSR count). The van der Waals surface area contributed by atoms with E-state index in [4.69, 9.17) is 9.41 Å². The molecule has 2 aliphatic heterocycles. The minimum absolute atomic E-state index is 0.159.